The van der Waals surface area contributed by atoms with E-state index in [1.807, 2.05) is 51.1 Å². The zero-order valence-corrected chi connectivity index (χ0v) is 16.0. The molecule has 0 spiro atoms. The minimum atomic E-state index is -0.684. The van der Waals surface area contributed by atoms with Crippen LogP contribution in [0.2, 0.25) is 0 Å². The molecule has 1 amide bonds. The Kier molecular flexibility index (Phi) is 6.96. The summed E-state index contributed by atoms with van der Waals surface area (Å²) in [5, 5.41) is 2.85. The van der Waals surface area contributed by atoms with E-state index in [0.29, 0.717) is 6.42 Å². The highest BCUT2D eigenvalue weighted by Gasteiger charge is 2.23. The molecule has 0 saturated heterocycles. The summed E-state index contributed by atoms with van der Waals surface area (Å²) in [6.45, 7) is 8.11. The summed E-state index contributed by atoms with van der Waals surface area (Å²) in [5.41, 5.74) is 5.35. The first-order valence-electron chi connectivity index (χ1n) is 8.97. The van der Waals surface area contributed by atoms with Gasteiger partial charge in [-0.2, -0.15) is 0 Å². The average Bonchev–Trinajstić information content (AvgIpc) is 2.58. The van der Waals surface area contributed by atoms with Crippen molar-refractivity contribution in [3.05, 3.63) is 70.3 Å². The Bertz CT molecular complexity index is 745. The van der Waals surface area contributed by atoms with E-state index in [9.17, 15) is 9.59 Å². The van der Waals surface area contributed by atoms with Gasteiger partial charge >= 0.3 is 5.97 Å². The van der Waals surface area contributed by atoms with Gasteiger partial charge in [-0.25, -0.2) is 4.79 Å². The van der Waals surface area contributed by atoms with Crippen LogP contribution in [0.15, 0.2) is 42.5 Å². The van der Waals surface area contributed by atoms with Crippen LogP contribution in [0.4, 0.5) is 0 Å². The molecule has 0 aliphatic carbocycles. The van der Waals surface area contributed by atoms with Gasteiger partial charge in [0.15, 0.2) is 0 Å². The smallest absolute Gasteiger partial charge is 0.328 e. The van der Waals surface area contributed by atoms with Crippen LogP contribution in [0.3, 0.4) is 0 Å². The van der Waals surface area contributed by atoms with Crippen LogP contribution in [0.1, 0.15) is 34.7 Å². The zero-order valence-electron chi connectivity index (χ0n) is 16.0. The van der Waals surface area contributed by atoms with Crippen molar-refractivity contribution >= 4 is 11.9 Å². The molecular weight excluding hydrogens is 326 g/mol. The largest absolute Gasteiger partial charge is 0.464 e. The number of hydrogen-bond donors (Lipinski definition) is 1. The van der Waals surface area contributed by atoms with Crippen molar-refractivity contribution in [1.29, 1.82) is 0 Å². The molecule has 0 aromatic heterocycles. The lowest BCUT2D eigenvalue weighted by Crippen LogP contribution is -2.44. The standard InChI is InChI=1S/C22H27NO3/c1-5-26-22(25)20(13-18-9-7-6-8-10-18)23-21(24)14-19-16(3)11-15(2)12-17(19)4/h6-12,20H,5,13-14H2,1-4H3,(H,23,24)/t20-/m0/s1. The number of benzene rings is 2. The van der Waals surface area contributed by atoms with Gasteiger partial charge in [-0.1, -0.05) is 48.0 Å². The number of nitrogens with one attached hydrogen (secondary N) is 1. The Morgan fingerprint density at radius 3 is 2.23 bits per heavy atom. The summed E-state index contributed by atoms with van der Waals surface area (Å²) in [6.07, 6.45) is 0.667. The molecule has 0 saturated carbocycles. The maximum absolute atomic E-state index is 12.6. The normalized spacial score (nSPS) is 11.7. The maximum Gasteiger partial charge on any atom is 0.328 e. The minimum absolute atomic E-state index is 0.172. The predicted molar refractivity (Wildman–Crippen MR) is 103 cm³/mol. The van der Waals surface area contributed by atoms with Crippen LogP contribution in [-0.2, 0) is 27.2 Å². The lowest BCUT2D eigenvalue weighted by Gasteiger charge is -2.18. The molecule has 1 N–H and O–H groups in total. The van der Waals surface area contributed by atoms with Gasteiger partial charge in [-0.15, -0.1) is 0 Å². The number of carbonyl (C=O) groups is 2. The topological polar surface area (TPSA) is 55.4 Å². The predicted octanol–water partition coefficient (Wildman–Crippen LogP) is 3.44. The third-order valence-electron chi connectivity index (χ3n) is 4.37. The molecule has 0 fully saturated rings. The van der Waals surface area contributed by atoms with Gasteiger partial charge in [-0.3, -0.25) is 4.79 Å². The van der Waals surface area contributed by atoms with Crippen LogP contribution in [0.5, 0.6) is 0 Å². The molecule has 0 aliphatic heterocycles. The molecule has 0 bridgehead atoms. The van der Waals surface area contributed by atoms with Gasteiger partial charge in [0.2, 0.25) is 5.91 Å². The van der Waals surface area contributed by atoms with Crippen LogP contribution >= 0.6 is 0 Å². The van der Waals surface area contributed by atoms with E-state index in [2.05, 4.69) is 17.4 Å². The van der Waals surface area contributed by atoms with Crippen molar-refractivity contribution in [3.63, 3.8) is 0 Å². The van der Waals surface area contributed by atoms with Gasteiger partial charge in [0.05, 0.1) is 13.0 Å². The molecule has 2 aromatic carbocycles. The maximum atomic E-state index is 12.6. The summed E-state index contributed by atoms with van der Waals surface area (Å²) < 4.78 is 5.14. The summed E-state index contributed by atoms with van der Waals surface area (Å²) in [4.78, 5) is 24.9. The van der Waals surface area contributed by atoms with E-state index >= 15 is 0 Å². The number of rotatable bonds is 7. The Morgan fingerprint density at radius 2 is 1.65 bits per heavy atom. The summed E-state index contributed by atoms with van der Waals surface area (Å²) in [6, 6.07) is 13.1. The fourth-order valence-corrected chi connectivity index (χ4v) is 3.18. The lowest BCUT2D eigenvalue weighted by molar-refractivity contribution is -0.147. The van der Waals surface area contributed by atoms with Crippen LogP contribution in [-0.4, -0.2) is 24.5 Å². The number of esters is 1. The van der Waals surface area contributed by atoms with Gasteiger partial charge < -0.3 is 10.1 Å². The number of hydrogen-bond acceptors (Lipinski definition) is 3. The molecule has 4 nitrogen and oxygen atoms in total. The second-order valence-corrected chi connectivity index (χ2v) is 6.62. The Hall–Kier alpha value is -2.62. The monoisotopic (exact) mass is 353 g/mol. The molecule has 26 heavy (non-hydrogen) atoms. The van der Waals surface area contributed by atoms with Gasteiger partial charge in [0, 0.05) is 6.42 Å². The molecule has 0 aliphatic rings. The van der Waals surface area contributed by atoms with Crippen LogP contribution in [0.25, 0.3) is 0 Å². The summed E-state index contributed by atoms with van der Waals surface area (Å²) >= 11 is 0. The van der Waals surface area contributed by atoms with Crippen molar-refractivity contribution < 1.29 is 14.3 Å². The molecule has 0 radical (unpaired) electrons. The van der Waals surface area contributed by atoms with E-state index in [1.165, 1.54) is 5.56 Å². The molecule has 2 rings (SSSR count). The number of aryl methyl sites for hydroxylation is 3. The first-order chi connectivity index (χ1) is 12.4. The quantitative estimate of drug-likeness (QED) is 0.776. The van der Waals surface area contributed by atoms with Crippen LogP contribution in [0, 0.1) is 20.8 Å². The highest BCUT2D eigenvalue weighted by Crippen LogP contribution is 2.17. The average molecular weight is 353 g/mol. The summed E-state index contributed by atoms with van der Waals surface area (Å²) in [7, 11) is 0. The number of ether oxygens (including phenoxy) is 1. The van der Waals surface area contributed by atoms with Crippen LogP contribution < -0.4 is 5.32 Å². The van der Waals surface area contributed by atoms with Crippen molar-refractivity contribution in [2.24, 2.45) is 0 Å². The second-order valence-electron chi connectivity index (χ2n) is 6.62. The molecule has 138 valence electrons. The Balaban J connectivity index is 2.12. The zero-order chi connectivity index (χ0) is 19.1. The van der Waals surface area contributed by atoms with E-state index in [0.717, 1.165) is 22.3 Å². The Labute approximate surface area is 155 Å². The lowest BCUT2D eigenvalue weighted by atomic mass is 9.97. The second kappa shape index (κ2) is 9.18. The van der Waals surface area contributed by atoms with Crippen molar-refractivity contribution in [3.8, 4) is 0 Å². The highest BCUT2D eigenvalue weighted by atomic mass is 16.5. The molecule has 2 aromatic rings. The van der Waals surface area contributed by atoms with Gasteiger partial charge in [0.1, 0.15) is 6.04 Å². The fourth-order valence-electron chi connectivity index (χ4n) is 3.18. The molecular formula is C22H27NO3. The first kappa shape index (κ1) is 19.7. The van der Waals surface area contributed by atoms with E-state index < -0.39 is 12.0 Å². The summed E-state index contributed by atoms with van der Waals surface area (Å²) in [5.74, 6) is -0.573. The molecule has 0 unspecified atom stereocenters. The van der Waals surface area contributed by atoms with Crippen molar-refractivity contribution in [2.45, 2.75) is 46.6 Å². The van der Waals surface area contributed by atoms with Gasteiger partial charge in [0.25, 0.3) is 0 Å². The number of carbonyl (C=O) groups excluding carboxylic acids is 2. The molecule has 0 heterocycles. The Morgan fingerprint density at radius 1 is 1.04 bits per heavy atom. The van der Waals surface area contributed by atoms with Crippen molar-refractivity contribution in [2.75, 3.05) is 6.61 Å². The number of amides is 1. The SMILES string of the molecule is CCOC(=O)[C@H](Cc1ccccc1)NC(=O)Cc1c(C)cc(C)cc1C. The molecule has 1 atom stereocenters. The third kappa shape index (κ3) is 5.45. The van der Waals surface area contributed by atoms with Gasteiger partial charge in [-0.05, 0) is 49.9 Å². The van der Waals surface area contributed by atoms with E-state index in [-0.39, 0.29) is 18.9 Å². The minimum Gasteiger partial charge on any atom is -0.464 e. The van der Waals surface area contributed by atoms with E-state index in [4.69, 9.17) is 4.74 Å². The fraction of sp³-hybridized carbons (Fsp3) is 0.364. The van der Waals surface area contributed by atoms with E-state index in [1.54, 1.807) is 6.92 Å². The third-order valence-corrected chi connectivity index (χ3v) is 4.37. The molecule has 4 heteroatoms. The highest BCUT2D eigenvalue weighted by molar-refractivity contribution is 5.86. The first-order valence-corrected chi connectivity index (χ1v) is 8.97. The van der Waals surface area contributed by atoms with Crippen molar-refractivity contribution in [1.82, 2.24) is 5.32 Å².